The summed E-state index contributed by atoms with van der Waals surface area (Å²) >= 11 is 0. The molecule has 3 aliphatic rings. The minimum atomic E-state index is -1.03. The van der Waals surface area contributed by atoms with Crippen molar-refractivity contribution in [2.24, 2.45) is 0 Å². The van der Waals surface area contributed by atoms with Crippen molar-refractivity contribution >= 4 is 52.2 Å². The number of rotatable bonds is 12. The highest BCUT2D eigenvalue weighted by atomic mass is 16.5. The maximum atomic E-state index is 13.0. The van der Waals surface area contributed by atoms with Crippen LogP contribution in [0.5, 0.6) is 5.75 Å². The predicted molar refractivity (Wildman–Crippen MR) is 190 cm³/mol. The Labute approximate surface area is 299 Å². The van der Waals surface area contributed by atoms with E-state index in [-0.39, 0.29) is 35.8 Å². The quantitative estimate of drug-likeness (QED) is 0.126. The Hall–Kier alpha value is -5.89. The number of hydrogen-bond donors (Lipinski definition) is 4. The zero-order valence-corrected chi connectivity index (χ0v) is 28.7. The number of aromatic amines is 1. The molecule has 4 heterocycles. The van der Waals surface area contributed by atoms with Crippen molar-refractivity contribution in [3.05, 3.63) is 88.7 Å². The third-order valence-corrected chi connectivity index (χ3v) is 9.78. The fourth-order valence-electron chi connectivity index (χ4n) is 6.87. The summed E-state index contributed by atoms with van der Waals surface area (Å²) in [5.74, 6) is -1.51. The lowest BCUT2D eigenvalue weighted by Gasteiger charge is -2.27. The van der Waals surface area contributed by atoms with Gasteiger partial charge in [0.1, 0.15) is 17.6 Å². The molecule has 52 heavy (non-hydrogen) atoms. The van der Waals surface area contributed by atoms with Gasteiger partial charge in [0, 0.05) is 35.8 Å². The maximum Gasteiger partial charge on any atom is 0.262 e. The summed E-state index contributed by atoms with van der Waals surface area (Å²) < 4.78 is 5.79. The Bertz CT molecular complexity index is 2080. The third-order valence-electron chi connectivity index (χ3n) is 9.78. The van der Waals surface area contributed by atoms with E-state index < -0.39 is 29.7 Å². The predicted octanol–water partition coefficient (Wildman–Crippen LogP) is 3.79. The molecule has 2 atom stereocenters. The number of imidazole rings is 1. The Kier molecular flexibility index (Phi) is 9.81. The van der Waals surface area contributed by atoms with E-state index in [9.17, 15) is 28.8 Å². The fourth-order valence-corrected chi connectivity index (χ4v) is 6.87. The maximum absolute atomic E-state index is 13.0. The SMILES string of the molecule is C[C@H]1CCCN1Cc1nc2ccc(NC(=O)c3ccc(C(=O)NCCCCOc4ccc5c(c4)C(=O)N(C4CCC(=O)NC4=O)C5=O)cc3)cc2[nH]1. The molecule has 3 aromatic carbocycles. The van der Waals surface area contributed by atoms with E-state index in [1.54, 1.807) is 30.3 Å². The second kappa shape index (κ2) is 14.8. The smallest absolute Gasteiger partial charge is 0.262 e. The molecule has 0 bridgehead atoms. The van der Waals surface area contributed by atoms with Crippen LogP contribution in [0.25, 0.3) is 11.0 Å². The second-order valence-corrected chi connectivity index (χ2v) is 13.4. The van der Waals surface area contributed by atoms with Gasteiger partial charge in [0.05, 0.1) is 35.3 Å². The molecule has 0 radical (unpaired) electrons. The van der Waals surface area contributed by atoms with Gasteiger partial charge in [-0.3, -0.25) is 43.9 Å². The number of unbranched alkanes of at least 4 members (excludes halogenated alkanes) is 1. The summed E-state index contributed by atoms with van der Waals surface area (Å²) in [7, 11) is 0. The van der Waals surface area contributed by atoms with Crippen LogP contribution in [0, 0.1) is 0 Å². The molecule has 6 amide bonds. The molecule has 4 N–H and O–H groups in total. The van der Waals surface area contributed by atoms with Crippen LogP contribution in [0.4, 0.5) is 5.69 Å². The van der Waals surface area contributed by atoms with Crippen molar-refractivity contribution in [2.45, 2.75) is 64.1 Å². The lowest BCUT2D eigenvalue weighted by atomic mass is 10.0. The molecule has 4 aromatic rings. The molecule has 268 valence electrons. The summed E-state index contributed by atoms with van der Waals surface area (Å²) in [5, 5.41) is 7.97. The number of amides is 6. The van der Waals surface area contributed by atoms with Gasteiger partial charge < -0.3 is 20.4 Å². The first-order valence-corrected chi connectivity index (χ1v) is 17.6. The van der Waals surface area contributed by atoms with Gasteiger partial charge in [0.25, 0.3) is 23.6 Å². The standard InChI is InChI=1S/C38H39N7O7/c1-22-5-4-17-44(22)21-32-41-29-13-10-25(19-30(29)42-32)40-35(48)24-8-6-23(7-9-24)34(47)39-16-2-3-18-52-26-11-12-27-28(20-26)38(51)45(37(27)50)31-14-15-33(46)43-36(31)49/h6-13,19-20,22,31H,2-5,14-18,21H2,1H3,(H,39,47)(H,40,48)(H,41,42)(H,43,46,49)/t22-,31?/m0/s1. The van der Waals surface area contributed by atoms with Gasteiger partial charge in [-0.05, 0) is 106 Å². The molecular formula is C38H39N7O7. The van der Waals surface area contributed by atoms with Gasteiger partial charge in [-0.25, -0.2) is 4.98 Å². The van der Waals surface area contributed by atoms with Gasteiger partial charge in [0.15, 0.2) is 0 Å². The second-order valence-electron chi connectivity index (χ2n) is 13.4. The van der Waals surface area contributed by atoms with Crippen molar-refractivity contribution in [3.8, 4) is 5.75 Å². The summed E-state index contributed by atoms with van der Waals surface area (Å²) in [5.41, 5.74) is 3.52. The minimum absolute atomic E-state index is 0.0504. The summed E-state index contributed by atoms with van der Waals surface area (Å²) in [6.07, 6.45) is 3.77. The number of imide groups is 2. The van der Waals surface area contributed by atoms with Crippen LogP contribution in [0.15, 0.2) is 60.7 Å². The number of benzene rings is 3. The number of carbonyl (C=O) groups is 6. The monoisotopic (exact) mass is 705 g/mol. The zero-order chi connectivity index (χ0) is 36.4. The molecule has 14 nitrogen and oxygen atoms in total. The Balaban J connectivity index is 0.837. The number of nitrogens with zero attached hydrogens (tertiary/aromatic N) is 3. The number of aromatic nitrogens is 2. The first kappa shape index (κ1) is 34.6. The largest absolute Gasteiger partial charge is 0.494 e. The Morgan fingerprint density at radius 2 is 1.67 bits per heavy atom. The number of carbonyl (C=O) groups excluding carboxylic acids is 6. The average Bonchev–Trinajstić information content (AvgIpc) is 3.81. The van der Waals surface area contributed by atoms with E-state index in [4.69, 9.17) is 9.72 Å². The molecule has 3 aliphatic heterocycles. The van der Waals surface area contributed by atoms with Gasteiger partial charge in [-0.1, -0.05) is 0 Å². The number of H-pyrrole nitrogens is 1. The highest BCUT2D eigenvalue weighted by Crippen LogP contribution is 2.30. The first-order chi connectivity index (χ1) is 25.1. The van der Waals surface area contributed by atoms with Crippen LogP contribution in [0.3, 0.4) is 0 Å². The number of hydrogen-bond acceptors (Lipinski definition) is 9. The van der Waals surface area contributed by atoms with Crippen LogP contribution in [-0.2, 0) is 16.1 Å². The van der Waals surface area contributed by atoms with E-state index in [1.165, 1.54) is 25.0 Å². The molecule has 0 spiro atoms. The fraction of sp³-hybridized carbons (Fsp3) is 0.342. The van der Waals surface area contributed by atoms with E-state index >= 15 is 0 Å². The van der Waals surface area contributed by atoms with Crippen molar-refractivity contribution < 1.29 is 33.5 Å². The Morgan fingerprint density at radius 1 is 0.904 bits per heavy atom. The van der Waals surface area contributed by atoms with Gasteiger partial charge in [-0.15, -0.1) is 0 Å². The van der Waals surface area contributed by atoms with Gasteiger partial charge in [-0.2, -0.15) is 0 Å². The number of likely N-dealkylation sites (tertiary alicyclic amines) is 1. The normalized spacial score (nSPS) is 18.8. The van der Waals surface area contributed by atoms with E-state index in [0.717, 1.165) is 34.8 Å². The minimum Gasteiger partial charge on any atom is -0.494 e. The van der Waals surface area contributed by atoms with Crippen LogP contribution in [0.2, 0.25) is 0 Å². The van der Waals surface area contributed by atoms with Gasteiger partial charge in [0.2, 0.25) is 11.8 Å². The number of fused-ring (bicyclic) bond motifs is 2. The van der Waals surface area contributed by atoms with Crippen molar-refractivity contribution in [1.29, 1.82) is 0 Å². The van der Waals surface area contributed by atoms with Crippen LogP contribution < -0.4 is 20.7 Å². The lowest BCUT2D eigenvalue weighted by Crippen LogP contribution is -2.54. The summed E-state index contributed by atoms with van der Waals surface area (Å²) in [6.45, 7) is 4.79. The molecule has 1 unspecified atom stereocenters. The number of nitrogens with one attached hydrogen (secondary N) is 4. The third kappa shape index (κ3) is 7.28. The molecule has 2 saturated heterocycles. The topological polar surface area (TPSA) is 183 Å². The first-order valence-electron chi connectivity index (χ1n) is 17.6. The number of piperidine rings is 1. The van der Waals surface area contributed by atoms with E-state index in [0.29, 0.717) is 54.6 Å². The Morgan fingerprint density at radius 3 is 2.42 bits per heavy atom. The number of ether oxygens (including phenoxy) is 1. The number of anilines is 1. The molecule has 2 fully saturated rings. The summed E-state index contributed by atoms with van der Waals surface area (Å²) in [6, 6.07) is 16.1. The van der Waals surface area contributed by atoms with Crippen molar-refractivity contribution in [3.63, 3.8) is 0 Å². The zero-order valence-electron chi connectivity index (χ0n) is 28.7. The summed E-state index contributed by atoms with van der Waals surface area (Å²) in [4.78, 5) is 86.7. The van der Waals surface area contributed by atoms with Crippen LogP contribution in [-0.4, -0.2) is 87.0 Å². The van der Waals surface area contributed by atoms with Crippen LogP contribution >= 0.6 is 0 Å². The molecule has 14 heteroatoms. The highest BCUT2D eigenvalue weighted by molar-refractivity contribution is 6.23. The van der Waals surface area contributed by atoms with Gasteiger partial charge >= 0.3 is 0 Å². The van der Waals surface area contributed by atoms with E-state index in [2.05, 4.69) is 32.8 Å². The van der Waals surface area contributed by atoms with E-state index in [1.807, 2.05) is 18.2 Å². The molecular weight excluding hydrogens is 666 g/mol. The van der Waals surface area contributed by atoms with Crippen molar-refractivity contribution in [2.75, 3.05) is 25.0 Å². The molecule has 1 aromatic heterocycles. The van der Waals surface area contributed by atoms with Crippen molar-refractivity contribution in [1.82, 2.24) is 30.4 Å². The molecule has 0 aliphatic carbocycles. The molecule has 0 saturated carbocycles. The van der Waals surface area contributed by atoms with Crippen LogP contribution in [0.1, 0.15) is 92.7 Å². The highest BCUT2D eigenvalue weighted by Gasteiger charge is 2.44. The average molecular weight is 706 g/mol. The lowest BCUT2D eigenvalue weighted by molar-refractivity contribution is -0.136. The molecule has 7 rings (SSSR count).